The van der Waals surface area contributed by atoms with Gasteiger partial charge in [-0.1, -0.05) is 0 Å². The number of Topliss-reactive ketones (excluding diaryl/α,β-unsaturated/α-hetero) is 1. The van der Waals surface area contributed by atoms with E-state index in [2.05, 4.69) is 4.98 Å². The fraction of sp³-hybridized carbons (Fsp3) is 0.133. The Morgan fingerprint density at radius 2 is 2.05 bits per heavy atom. The van der Waals surface area contributed by atoms with Crippen LogP contribution in [0.5, 0.6) is 5.75 Å². The van der Waals surface area contributed by atoms with Gasteiger partial charge < -0.3 is 4.74 Å². The standard InChI is InChI=1S/C15H11FN2O2/c1-20-14-8-11(2-3-13(14)16)15(19)12(9-17)10-4-6-18-7-5-10/h2-8,12H,1H3. The number of hydrogen-bond donors (Lipinski definition) is 0. The molecule has 20 heavy (non-hydrogen) atoms. The summed E-state index contributed by atoms with van der Waals surface area (Å²) in [6.07, 6.45) is 3.02. The Bertz CT molecular complexity index is 665. The maximum absolute atomic E-state index is 13.3. The minimum Gasteiger partial charge on any atom is -0.494 e. The van der Waals surface area contributed by atoms with Crippen LogP contribution in [0.3, 0.4) is 0 Å². The number of rotatable bonds is 4. The first kappa shape index (κ1) is 13.7. The van der Waals surface area contributed by atoms with Crippen LogP contribution >= 0.6 is 0 Å². The van der Waals surface area contributed by atoms with Crippen molar-refractivity contribution in [3.63, 3.8) is 0 Å². The summed E-state index contributed by atoms with van der Waals surface area (Å²) in [6, 6.07) is 8.94. The zero-order valence-corrected chi connectivity index (χ0v) is 10.7. The molecular formula is C15H11FN2O2. The lowest BCUT2D eigenvalue weighted by atomic mass is 9.92. The highest BCUT2D eigenvalue weighted by Crippen LogP contribution is 2.24. The highest BCUT2D eigenvalue weighted by Gasteiger charge is 2.22. The van der Waals surface area contributed by atoms with Gasteiger partial charge in [-0.2, -0.15) is 5.26 Å². The molecule has 1 heterocycles. The number of hydrogen-bond acceptors (Lipinski definition) is 4. The number of nitrogens with zero attached hydrogens (tertiary/aromatic N) is 2. The van der Waals surface area contributed by atoms with Crippen molar-refractivity contribution in [1.29, 1.82) is 5.26 Å². The van der Waals surface area contributed by atoms with Gasteiger partial charge in [-0.05, 0) is 35.9 Å². The van der Waals surface area contributed by atoms with Crippen molar-refractivity contribution in [2.24, 2.45) is 0 Å². The Labute approximate surface area is 115 Å². The van der Waals surface area contributed by atoms with Crippen LogP contribution in [0, 0.1) is 17.1 Å². The van der Waals surface area contributed by atoms with Gasteiger partial charge in [-0.15, -0.1) is 0 Å². The second kappa shape index (κ2) is 5.93. The summed E-state index contributed by atoms with van der Waals surface area (Å²) in [5, 5.41) is 9.20. The van der Waals surface area contributed by atoms with Crippen LogP contribution in [0.4, 0.5) is 4.39 Å². The number of nitriles is 1. The van der Waals surface area contributed by atoms with Crippen LogP contribution in [0.25, 0.3) is 0 Å². The number of methoxy groups -OCH3 is 1. The Hall–Kier alpha value is -2.74. The van der Waals surface area contributed by atoms with Crippen LogP contribution in [0.15, 0.2) is 42.7 Å². The average molecular weight is 270 g/mol. The van der Waals surface area contributed by atoms with Crippen LogP contribution in [-0.4, -0.2) is 17.9 Å². The predicted octanol–water partition coefficient (Wildman–Crippen LogP) is 2.72. The van der Waals surface area contributed by atoms with E-state index in [4.69, 9.17) is 4.74 Å². The summed E-state index contributed by atoms with van der Waals surface area (Å²) in [5.41, 5.74) is 0.780. The lowest BCUT2D eigenvalue weighted by Gasteiger charge is -2.09. The summed E-state index contributed by atoms with van der Waals surface area (Å²) < 4.78 is 18.2. The maximum atomic E-state index is 13.3. The molecule has 0 N–H and O–H groups in total. The summed E-state index contributed by atoms with van der Waals surface area (Å²) in [6.45, 7) is 0. The molecule has 0 radical (unpaired) electrons. The minimum atomic E-state index is -0.951. The van der Waals surface area contributed by atoms with Gasteiger partial charge >= 0.3 is 0 Å². The van der Waals surface area contributed by atoms with E-state index in [1.54, 1.807) is 12.1 Å². The Balaban J connectivity index is 2.37. The normalized spacial score (nSPS) is 11.4. The molecule has 5 heteroatoms. The molecule has 0 saturated carbocycles. The lowest BCUT2D eigenvalue weighted by Crippen LogP contribution is -2.11. The van der Waals surface area contributed by atoms with Gasteiger partial charge in [0.15, 0.2) is 17.3 Å². The summed E-state index contributed by atoms with van der Waals surface area (Å²) >= 11 is 0. The highest BCUT2D eigenvalue weighted by molar-refractivity contribution is 6.03. The quantitative estimate of drug-likeness (QED) is 0.801. The molecule has 100 valence electrons. The molecular weight excluding hydrogens is 259 g/mol. The van der Waals surface area contributed by atoms with Gasteiger partial charge in [0.1, 0.15) is 5.92 Å². The molecule has 0 fully saturated rings. The Morgan fingerprint density at radius 3 is 2.65 bits per heavy atom. The SMILES string of the molecule is COc1cc(C(=O)C(C#N)c2ccncc2)ccc1F. The number of carbonyl (C=O) groups excluding carboxylic acids is 1. The third-order valence-corrected chi connectivity index (χ3v) is 2.87. The second-order valence-corrected chi connectivity index (χ2v) is 4.06. The molecule has 0 amide bonds. The zero-order valence-electron chi connectivity index (χ0n) is 10.7. The average Bonchev–Trinajstić information content (AvgIpc) is 2.49. The number of benzene rings is 1. The van der Waals surface area contributed by atoms with Gasteiger partial charge in [0.05, 0.1) is 13.2 Å². The van der Waals surface area contributed by atoms with E-state index in [0.717, 1.165) is 6.07 Å². The molecule has 0 saturated heterocycles. The van der Waals surface area contributed by atoms with E-state index in [-0.39, 0.29) is 11.3 Å². The van der Waals surface area contributed by atoms with Crippen molar-refractivity contribution in [2.75, 3.05) is 7.11 Å². The highest BCUT2D eigenvalue weighted by atomic mass is 19.1. The predicted molar refractivity (Wildman–Crippen MR) is 69.9 cm³/mol. The fourth-order valence-electron chi connectivity index (χ4n) is 1.82. The molecule has 2 aromatic rings. The first-order valence-corrected chi connectivity index (χ1v) is 5.84. The number of aromatic nitrogens is 1. The monoisotopic (exact) mass is 270 g/mol. The number of ketones is 1. The first-order valence-electron chi connectivity index (χ1n) is 5.84. The summed E-state index contributed by atoms with van der Waals surface area (Å²) in [5.74, 6) is -1.94. The number of halogens is 1. The molecule has 2 rings (SSSR count). The molecule has 1 aromatic carbocycles. The van der Waals surface area contributed by atoms with Gasteiger partial charge in [0.2, 0.25) is 0 Å². The van der Waals surface area contributed by atoms with Crippen LogP contribution in [0.1, 0.15) is 21.8 Å². The molecule has 0 aliphatic carbocycles. The van der Waals surface area contributed by atoms with Crippen molar-refractivity contribution in [3.8, 4) is 11.8 Å². The van der Waals surface area contributed by atoms with E-state index >= 15 is 0 Å². The van der Waals surface area contributed by atoms with E-state index in [9.17, 15) is 14.4 Å². The van der Waals surface area contributed by atoms with Crippen molar-refractivity contribution in [1.82, 2.24) is 4.98 Å². The van der Waals surface area contributed by atoms with Gasteiger partial charge in [-0.25, -0.2) is 4.39 Å². The molecule has 1 aromatic heterocycles. The zero-order chi connectivity index (χ0) is 14.5. The van der Waals surface area contributed by atoms with Crippen molar-refractivity contribution < 1.29 is 13.9 Å². The van der Waals surface area contributed by atoms with Crippen molar-refractivity contribution in [2.45, 2.75) is 5.92 Å². The number of ether oxygens (including phenoxy) is 1. The topological polar surface area (TPSA) is 63.0 Å². The van der Waals surface area contributed by atoms with Gasteiger partial charge in [0, 0.05) is 18.0 Å². The third kappa shape index (κ3) is 2.64. The van der Waals surface area contributed by atoms with Crippen LogP contribution in [-0.2, 0) is 0 Å². The Morgan fingerprint density at radius 1 is 1.35 bits per heavy atom. The molecule has 4 nitrogen and oxygen atoms in total. The fourth-order valence-corrected chi connectivity index (χ4v) is 1.82. The van der Waals surface area contributed by atoms with Gasteiger partial charge in [-0.3, -0.25) is 9.78 Å². The molecule has 1 atom stereocenters. The second-order valence-electron chi connectivity index (χ2n) is 4.06. The van der Waals surface area contributed by atoms with Crippen molar-refractivity contribution >= 4 is 5.78 Å². The maximum Gasteiger partial charge on any atom is 0.184 e. The Kier molecular flexibility index (Phi) is 4.06. The first-order chi connectivity index (χ1) is 9.67. The minimum absolute atomic E-state index is 0.0257. The van der Waals surface area contributed by atoms with Crippen molar-refractivity contribution in [3.05, 3.63) is 59.7 Å². The largest absolute Gasteiger partial charge is 0.494 e. The van der Waals surface area contributed by atoms with E-state index in [1.165, 1.54) is 31.6 Å². The lowest BCUT2D eigenvalue weighted by molar-refractivity contribution is 0.0978. The summed E-state index contributed by atoms with van der Waals surface area (Å²) in [4.78, 5) is 16.2. The summed E-state index contributed by atoms with van der Waals surface area (Å²) in [7, 11) is 1.32. The molecule has 0 aliphatic heterocycles. The number of carbonyl (C=O) groups is 1. The smallest absolute Gasteiger partial charge is 0.184 e. The molecule has 1 unspecified atom stereocenters. The molecule has 0 bridgehead atoms. The molecule has 0 spiro atoms. The van der Waals surface area contributed by atoms with E-state index < -0.39 is 17.5 Å². The van der Waals surface area contributed by atoms with Gasteiger partial charge in [0.25, 0.3) is 0 Å². The van der Waals surface area contributed by atoms with Crippen LogP contribution in [0.2, 0.25) is 0 Å². The molecule has 0 aliphatic rings. The van der Waals surface area contributed by atoms with Crippen LogP contribution < -0.4 is 4.74 Å². The number of pyridine rings is 1. The third-order valence-electron chi connectivity index (χ3n) is 2.87. The van der Waals surface area contributed by atoms with E-state index in [0.29, 0.717) is 5.56 Å². The van der Waals surface area contributed by atoms with E-state index in [1.807, 2.05) is 6.07 Å².